The van der Waals surface area contributed by atoms with Gasteiger partial charge in [0.05, 0.1) is 5.75 Å². The Morgan fingerprint density at radius 1 is 1.07 bits per heavy atom. The van der Waals surface area contributed by atoms with Gasteiger partial charge in [0.25, 0.3) is 0 Å². The van der Waals surface area contributed by atoms with Crippen LogP contribution in [0.15, 0.2) is 48.5 Å². The third-order valence-corrected chi connectivity index (χ3v) is 5.59. The van der Waals surface area contributed by atoms with Crippen molar-refractivity contribution in [2.24, 2.45) is 0 Å². The van der Waals surface area contributed by atoms with Crippen LogP contribution in [0.5, 0.6) is 0 Å². The highest BCUT2D eigenvalue weighted by atomic mass is 32.2. The van der Waals surface area contributed by atoms with Crippen LogP contribution in [0, 0.1) is 12.7 Å². The number of carbonyl (C=O) groups is 2. The topological polar surface area (TPSA) is 49.4 Å². The summed E-state index contributed by atoms with van der Waals surface area (Å²) in [6.07, 6.45) is 0.830. The average molecular weight is 417 g/mol. The lowest BCUT2D eigenvalue weighted by Crippen LogP contribution is -2.48. The van der Waals surface area contributed by atoms with Gasteiger partial charge in [-0.15, -0.1) is 11.8 Å². The van der Waals surface area contributed by atoms with Gasteiger partial charge in [-0.3, -0.25) is 9.59 Å². The summed E-state index contributed by atoms with van der Waals surface area (Å²) >= 11 is 1.53. The van der Waals surface area contributed by atoms with Crippen molar-refractivity contribution in [3.05, 3.63) is 71.0 Å². The number of aryl methyl sites for hydroxylation is 1. The van der Waals surface area contributed by atoms with E-state index in [0.29, 0.717) is 6.54 Å². The molecule has 4 nitrogen and oxygen atoms in total. The Balaban J connectivity index is 2.03. The maximum Gasteiger partial charge on any atom is 0.242 e. The van der Waals surface area contributed by atoms with Gasteiger partial charge in [0.2, 0.25) is 11.8 Å². The zero-order chi connectivity index (χ0) is 21.2. The number of nitrogens with zero attached hydrogens (tertiary/aromatic N) is 1. The van der Waals surface area contributed by atoms with E-state index in [0.717, 1.165) is 23.3 Å². The maximum absolute atomic E-state index is 13.2. The molecule has 0 aliphatic carbocycles. The molecule has 0 saturated carbocycles. The molecule has 2 aromatic rings. The van der Waals surface area contributed by atoms with Crippen molar-refractivity contribution in [2.45, 2.75) is 45.5 Å². The van der Waals surface area contributed by atoms with Crippen molar-refractivity contribution in [2.75, 3.05) is 12.3 Å². The monoisotopic (exact) mass is 416 g/mol. The molecule has 1 atom stereocenters. The third kappa shape index (κ3) is 7.54. The molecule has 0 heterocycles. The second-order valence-electron chi connectivity index (χ2n) is 7.09. The van der Waals surface area contributed by atoms with E-state index in [1.807, 2.05) is 13.8 Å². The smallest absolute Gasteiger partial charge is 0.242 e. The number of thioether (sulfide) groups is 1. The Hall–Kier alpha value is -2.34. The molecule has 0 radical (unpaired) electrons. The normalized spacial score (nSPS) is 11.7. The Morgan fingerprint density at radius 2 is 1.69 bits per heavy atom. The number of amides is 2. The van der Waals surface area contributed by atoms with Gasteiger partial charge in [0.15, 0.2) is 0 Å². The van der Waals surface area contributed by atoms with E-state index < -0.39 is 6.04 Å². The quantitative estimate of drug-likeness (QED) is 0.628. The van der Waals surface area contributed by atoms with Crippen molar-refractivity contribution in [3.63, 3.8) is 0 Å². The Bertz CT molecular complexity index is 794. The fraction of sp³-hybridized carbons (Fsp3) is 0.391. The van der Waals surface area contributed by atoms with Gasteiger partial charge in [-0.2, -0.15) is 0 Å². The van der Waals surface area contributed by atoms with Crippen molar-refractivity contribution in [1.82, 2.24) is 10.2 Å². The average Bonchev–Trinajstić information content (AvgIpc) is 2.72. The molecule has 0 fully saturated rings. The first-order valence-corrected chi connectivity index (χ1v) is 11.0. The van der Waals surface area contributed by atoms with Crippen molar-refractivity contribution >= 4 is 23.6 Å². The zero-order valence-electron chi connectivity index (χ0n) is 17.3. The van der Waals surface area contributed by atoms with Crippen molar-refractivity contribution < 1.29 is 14.0 Å². The van der Waals surface area contributed by atoms with Gasteiger partial charge in [0.1, 0.15) is 11.9 Å². The van der Waals surface area contributed by atoms with Crippen LogP contribution < -0.4 is 5.32 Å². The van der Waals surface area contributed by atoms with Gasteiger partial charge in [-0.05, 0) is 43.5 Å². The second-order valence-corrected chi connectivity index (χ2v) is 8.08. The first-order chi connectivity index (χ1) is 13.9. The molecule has 1 N–H and O–H groups in total. The number of halogens is 1. The summed E-state index contributed by atoms with van der Waals surface area (Å²) in [5, 5.41) is 2.85. The highest BCUT2D eigenvalue weighted by Gasteiger charge is 2.25. The van der Waals surface area contributed by atoms with E-state index in [9.17, 15) is 14.0 Å². The van der Waals surface area contributed by atoms with Crippen LogP contribution in [-0.2, 0) is 21.9 Å². The zero-order valence-corrected chi connectivity index (χ0v) is 18.1. The van der Waals surface area contributed by atoms with Gasteiger partial charge >= 0.3 is 0 Å². The molecule has 6 heteroatoms. The Morgan fingerprint density at radius 3 is 2.31 bits per heavy atom. The molecule has 0 aromatic heterocycles. The summed E-state index contributed by atoms with van der Waals surface area (Å²) in [7, 11) is 0. The van der Waals surface area contributed by atoms with Crippen LogP contribution in [-0.4, -0.2) is 35.1 Å². The molecule has 0 spiro atoms. The number of hydrogen-bond acceptors (Lipinski definition) is 3. The first kappa shape index (κ1) is 22.9. The summed E-state index contributed by atoms with van der Waals surface area (Å²) in [6.45, 7) is 6.60. The van der Waals surface area contributed by atoms with Crippen LogP contribution in [0.1, 0.15) is 37.0 Å². The third-order valence-electron chi connectivity index (χ3n) is 4.60. The van der Waals surface area contributed by atoms with Crippen LogP contribution in [0.3, 0.4) is 0 Å². The van der Waals surface area contributed by atoms with Crippen molar-refractivity contribution in [3.8, 4) is 0 Å². The molecule has 2 rings (SSSR count). The fourth-order valence-electron chi connectivity index (χ4n) is 2.79. The number of nitrogens with one attached hydrogen (secondary N) is 1. The molecule has 2 amide bonds. The minimum absolute atomic E-state index is 0.106. The van der Waals surface area contributed by atoms with Crippen LogP contribution in [0.25, 0.3) is 0 Å². The summed E-state index contributed by atoms with van der Waals surface area (Å²) in [5.74, 6) is 0.401. The summed E-state index contributed by atoms with van der Waals surface area (Å²) in [4.78, 5) is 26.9. The Labute approximate surface area is 176 Å². The predicted octanol–water partition coefficient (Wildman–Crippen LogP) is 4.31. The van der Waals surface area contributed by atoms with Gasteiger partial charge in [-0.25, -0.2) is 4.39 Å². The van der Waals surface area contributed by atoms with E-state index in [2.05, 4.69) is 29.6 Å². The van der Waals surface area contributed by atoms with Gasteiger partial charge in [-0.1, -0.05) is 48.9 Å². The van der Waals surface area contributed by atoms with Crippen LogP contribution in [0.2, 0.25) is 0 Å². The van der Waals surface area contributed by atoms with Crippen LogP contribution >= 0.6 is 11.8 Å². The highest BCUT2D eigenvalue weighted by molar-refractivity contribution is 7.99. The lowest BCUT2D eigenvalue weighted by molar-refractivity contribution is -0.138. The van der Waals surface area contributed by atoms with E-state index in [-0.39, 0.29) is 29.9 Å². The van der Waals surface area contributed by atoms with E-state index >= 15 is 0 Å². The minimum atomic E-state index is -0.598. The number of carbonyl (C=O) groups excluding carboxylic acids is 2. The Kier molecular flexibility index (Phi) is 9.19. The number of hydrogen-bond donors (Lipinski definition) is 1. The van der Waals surface area contributed by atoms with Crippen molar-refractivity contribution in [1.29, 1.82) is 0 Å². The maximum atomic E-state index is 13.2. The summed E-state index contributed by atoms with van der Waals surface area (Å²) < 4.78 is 13.2. The number of rotatable bonds is 10. The minimum Gasteiger partial charge on any atom is -0.354 e. The van der Waals surface area contributed by atoms with Gasteiger partial charge in [0, 0.05) is 18.8 Å². The SMILES string of the molecule is CCCNC(=O)C(C)N(Cc1ccc(F)cc1)C(=O)CSCc1ccc(C)cc1. The highest BCUT2D eigenvalue weighted by Crippen LogP contribution is 2.16. The second kappa shape index (κ2) is 11.6. The molecular formula is C23H29FN2O2S. The van der Waals surface area contributed by atoms with Crippen LogP contribution in [0.4, 0.5) is 4.39 Å². The molecule has 29 heavy (non-hydrogen) atoms. The summed E-state index contributed by atoms with van der Waals surface area (Å²) in [6, 6.07) is 13.7. The lowest BCUT2D eigenvalue weighted by atomic mass is 10.1. The molecule has 2 aromatic carbocycles. The molecule has 156 valence electrons. The fourth-order valence-corrected chi connectivity index (χ4v) is 3.66. The lowest BCUT2D eigenvalue weighted by Gasteiger charge is -2.28. The molecule has 0 aliphatic heterocycles. The predicted molar refractivity (Wildman–Crippen MR) is 117 cm³/mol. The largest absolute Gasteiger partial charge is 0.354 e. The summed E-state index contributed by atoms with van der Waals surface area (Å²) in [5.41, 5.74) is 3.15. The molecule has 0 aliphatic rings. The van der Waals surface area contributed by atoms with Gasteiger partial charge < -0.3 is 10.2 Å². The van der Waals surface area contributed by atoms with E-state index in [4.69, 9.17) is 0 Å². The van der Waals surface area contributed by atoms with E-state index in [1.165, 1.54) is 29.5 Å². The molecule has 1 unspecified atom stereocenters. The number of benzene rings is 2. The molecule has 0 bridgehead atoms. The molecular weight excluding hydrogens is 387 g/mol. The standard InChI is InChI=1S/C23H29FN2O2S/c1-4-13-25-23(28)18(3)26(14-19-9-11-21(24)12-10-19)22(27)16-29-15-20-7-5-17(2)6-8-20/h5-12,18H,4,13-16H2,1-3H3,(H,25,28). The van der Waals surface area contributed by atoms with E-state index in [1.54, 1.807) is 24.0 Å². The first-order valence-electron chi connectivity index (χ1n) is 9.85. The molecule has 0 saturated heterocycles.